The number of hydrogen-bond acceptors (Lipinski definition) is 9. The minimum absolute atomic E-state index is 0.0303. The number of carbonyl (C=O) groups excluding carboxylic acids is 2. The molecule has 13 heteroatoms. The van der Waals surface area contributed by atoms with Crippen LogP contribution in [0.15, 0.2) is 0 Å². The summed E-state index contributed by atoms with van der Waals surface area (Å²) >= 11 is 0. The highest BCUT2D eigenvalue weighted by Crippen LogP contribution is 2.12. The minimum atomic E-state index is -3.07. The molecule has 0 radical (unpaired) electrons. The van der Waals surface area contributed by atoms with Gasteiger partial charge in [-0.3, -0.25) is 0 Å². The van der Waals surface area contributed by atoms with Crippen LogP contribution < -0.4 is 10.6 Å². The molecule has 0 aliphatic carbocycles. The van der Waals surface area contributed by atoms with E-state index in [4.69, 9.17) is 14.2 Å². The number of amides is 2. The highest BCUT2D eigenvalue weighted by molar-refractivity contribution is 7.91. The van der Waals surface area contributed by atoms with Crippen LogP contribution in [0.25, 0.3) is 0 Å². The Kier molecular flexibility index (Phi) is 7.68. The molecule has 2 N–H and O–H groups in total. The van der Waals surface area contributed by atoms with Gasteiger partial charge in [0.25, 0.3) is 0 Å². The Morgan fingerprint density at radius 3 is 1.48 bits per heavy atom. The fraction of sp³-hybridized carbons (Fsp3) is 0.857. The lowest BCUT2D eigenvalue weighted by molar-refractivity contribution is 0.0448. The van der Waals surface area contributed by atoms with Crippen LogP contribution in [0.4, 0.5) is 9.59 Å². The zero-order valence-corrected chi connectivity index (χ0v) is 16.3. The third kappa shape index (κ3) is 8.30. The third-order valence-corrected chi connectivity index (χ3v) is 7.57. The highest BCUT2D eigenvalue weighted by atomic mass is 32.2. The van der Waals surface area contributed by atoms with Crippen molar-refractivity contribution in [3.8, 4) is 0 Å². The highest BCUT2D eigenvalue weighted by Gasteiger charge is 2.30. The van der Waals surface area contributed by atoms with Crippen LogP contribution in [0.1, 0.15) is 12.8 Å². The quantitative estimate of drug-likeness (QED) is 0.455. The molecule has 2 aliphatic heterocycles. The first kappa shape index (κ1) is 21.7. The average Bonchev–Trinajstić information content (AvgIpc) is 3.07. The minimum Gasteiger partial charge on any atom is -0.447 e. The van der Waals surface area contributed by atoms with E-state index in [0.717, 1.165) is 0 Å². The van der Waals surface area contributed by atoms with Crippen LogP contribution in [-0.2, 0) is 33.9 Å². The molecule has 0 aromatic rings. The molecule has 2 atom stereocenters. The molecule has 0 aromatic heterocycles. The summed E-state index contributed by atoms with van der Waals surface area (Å²) < 4.78 is 60.0. The van der Waals surface area contributed by atoms with Crippen molar-refractivity contribution in [3.63, 3.8) is 0 Å². The van der Waals surface area contributed by atoms with Gasteiger partial charge in [-0.25, -0.2) is 26.4 Å². The largest absolute Gasteiger partial charge is 0.447 e. The molecule has 2 aliphatic rings. The van der Waals surface area contributed by atoms with Crippen LogP contribution in [0.5, 0.6) is 0 Å². The summed E-state index contributed by atoms with van der Waals surface area (Å²) in [6.07, 6.45) is -0.661. The second kappa shape index (κ2) is 9.55. The van der Waals surface area contributed by atoms with Crippen molar-refractivity contribution in [1.82, 2.24) is 10.6 Å². The topological polar surface area (TPSA) is 154 Å². The van der Waals surface area contributed by atoms with Gasteiger partial charge in [0.1, 0.15) is 13.2 Å². The van der Waals surface area contributed by atoms with Gasteiger partial charge in [0.05, 0.1) is 36.2 Å². The van der Waals surface area contributed by atoms with Crippen molar-refractivity contribution >= 4 is 31.9 Å². The van der Waals surface area contributed by atoms with Gasteiger partial charge in [-0.15, -0.1) is 0 Å². The molecule has 2 fully saturated rings. The molecule has 0 unspecified atom stereocenters. The fourth-order valence-corrected chi connectivity index (χ4v) is 6.07. The standard InChI is InChI=1S/C14H24N2O9S2/c17-13(15-11-1-7-26(19,20)9-11)24-5-3-23-4-6-25-14(18)16-12-2-8-27(21,22)10-12/h11-12H,1-10H2,(H,15,17)(H,16,18)/t11-,12-/m1/s1. The maximum Gasteiger partial charge on any atom is 0.407 e. The lowest BCUT2D eigenvalue weighted by atomic mass is 10.3. The van der Waals surface area contributed by atoms with Crippen molar-refractivity contribution in [2.75, 3.05) is 49.4 Å². The van der Waals surface area contributed by atoms with E-state index >= 15 is 0 Å². The molecule has 156 valence electrons. The summed E-state index contributed by atoms with van der Waals surface area (Å²) in [5.41, 5.74) is 0. The Balaban J connectivity index is 1.44. The van der Waals surface area contributed by atoms with E-state index < -0.39 is 43.9 Å². The number of alkyl carbamates (subject to hydrolysis) is 2. The molecule has 2 saturated heterocycles. The monoisotopic (exact) mass is 428 g/mol. The summed E-state index contributed by atoms with van der Waals surface area (Å²) in [6, 6.07) is -0.852. The van der Waals surface area contributed by atoms with Gasteiger partial charge in [0.15, 0.2) is 19.7 Å². The molecule has 27 heavy (non-hydrogen) atoms. The zero-order chi connectivity index (χ0) is 19.9. The molecule has 11 nitrogen and oxygen atoms in total. The van der Waals surface area contributed by atoms with Crippen molar-refractivity contribution in [2.45, 2.75) is 24.9 Å². The summed E-state index contributed by atoms with van der Waals surface area (Å²) in [4.78, 5) is 23.0. The number of carbonyl (C=O) groups is 2. The van der Waals surface area contributed by atoms with E-state index in [1.165, 1.54) is 0 Å². The van der Waals surface area contributed by atoms with Crippen LogP contribution in [0, 0.1) is 0 Å². The molecular formula is C14H24N2O9S2. The predicted molar refractivity (Wildman–Crippen MR) is 93.9 cm³/mol. The van der Waals surface area contributed by atoms with E-state index in [1.807, 2.05) is 0 Å². The molecule has 2 rings (SSSR count). The number of nitrogens with one attached hydrogen (secondary N) is 2. The first-order valence-corrected chi connectivity index (χ1v) is 12.1. The molecular weight excluding hydrogens is 404 g/mol. The zero-order valence-electron chi connectivity index (χ0n) is 14.7. The van der Waals surface area contributed by atoms with E-state index in [1.54, 1.807) is 0 Å². The number of rotatable bonds is 8. The van der Waals surface area contributed by atoms with Crippen molar-refractivity contribution in [2.24, 2.45) is 0 Å². The van der Waals surface area contributed by atoms with E-state index in [0.29, 0.717) is 12.8 Å². The van der Waals surface area contributed by atoms with Crippen molar-refractivity contribution < 1.29 is 40.6 Å². The van der Waals surface area contributed by atoms with Crippen molar-refractivity contribution in [1.29, 1.82) is 0 Å². The normalized spacial score (nSPS) is 25.6. The van der Waals surface area contributed by atoms with Crippen LogP contribution in [-0.4, -0.2) is 90.5 Å². The summed E-state index contributed by atoms with van der Waals surface area (Å²) in [6.45, 7) is 0.110. The molecule has 0 saturated carbocycles. The fourth-order valence-electron chi connectivity index (χ4n) is 2.72. The summed E-state index contributed by atoms with van der Waals surface area (Å²) in [5.74, 6) is -0.0357. The lowest BCUT2D eigenvalue weighted by Crippen LogP contribution is -2.36. The van der Waals surface area contributed by atoms with Gasteiger partial charge in [-0.05, 0) is 12.8 Å². The lowest BCUT2D eigenvalue weighted by Gasteiger charge is -2.12. The molecule has 0 bridgehead atoms. The van der Waals surface area contributed by atoms with Crippen LogP contribution in [0.3, 0.4) is 0 Å². The van der Waals surface area contributed by atoms with Gasteiger partial charge in [0, 0.05) is 12.1 Å². The maximum absolute atomic E-state index is 11.5. The van der Waals surface area contributed by atoms with Gasteiger partial charge < -0.3 is 24.8 Å². The van der Waals surface area contributed by atoms with Gasteiger partial charge >= 0.3 is 12.2 Å². The van der Waals surface area contributed by atoms with Gasteiger partial charge in [-0.1, -0.05) is 0 Å². The van der Waals surface area contributed by atoms with E-state index in [-0.39, 0.29) is 49.4 Å². The van der Waals surface area contributed by atoms with Gasteiger partial charge in [-0.2, -0.15) is 0 Å². The molecule has 0 aromatic carbocycles. The molecule has 2 heterocycles. The Labute approximate surface area is 157 Å². The third-order valence-electron chi connectivity index (χ3n) is 4.03. The number of ether oxygens (including phenoxy) is 3. The Morgan fingerprint density at radius 1 is 0.741 bits per heavy atom. The predicted octanol–water partition coefficient (Wildman–Crippen LogP) is -1.17. The summed E-state index contributed by atoms with van der Waals surface area (Å²) in [5, 5.41) is 4.95. The average molecular weight is 428 g/mol. The Bertz CT molecular complexity index is 674. The van der Waals surface area contributed by atoms with E-state index in [2.05, 4.69) is 10.6 Å². The first-order chi connectivity index (χ1) is 12.7. The first-order valence-electron chi connectivity index (χ1n) is 8.50. The van der Waals surface area contributed by atoms with Crippen LogP contribution >= 0.6 is 0 Å². The SMILES string of the molecule is O=C(N[C@@H]1CCS(=O)(=O)C1)OCCOCCOC(=O)N[C@@H]1CCS(=O)(=O)C1. The smallest absolute Gasteiger partial charge is 0.407 e. The second-order valence-electron chi connectivity index (χ2n) is 6.37. The van der Waals surface area contributed by atoms with Gasteiger partial charge in [0.2, 0.25) is 0 Å². The number of sulfone groups is 2. The molecule has 0 spiro atoms. The second-order valence-corrected chi connectivity index (χ2v) is 10.8. The Morgan fingerprint density at radius 2 is 1.15 bits per heavy atom. The maximum atomic E-state index is 11.5. The number of hydrogen-bond donors (Lipinski definition) is 2. The van der Waals surface area contributed by atoms with Crippen molar-refractivity contribution in [3.05, 3.63) is 0 Å². The Hall–Kier alpha value is -1.60. The molecule has 2 amide bonds. The van der Waals surface area contributed by atoms with Crippen LogP contribution in [0.2, 0.25) is 0 Å². The summed E-state index contributed by atoms with van der Waals surface area (Å²) in [7, 11) is -6.14. The van der Waals surface area contributed by atoms with E-state index in [9.17, 15) is 26.4 Å².